The topological polar surface area (TPSA) is 71.5 Å². The third-order valence-corrected chi connectivity index (χ3v) is 7.92. The quantitative estimate of drug-likeness (QED) is 0.803. The molecule has 0 spiro atoms. The first-order valence-electron chi connectivity index (χ1n) is 8.20. The lowest BCUT2D eigenvalue weighted by molar-refractivity contribution is 0.585. The molecule has 0 aromatic heterocycles. The summed E-state index contributed by atoms with van der Waals surface area (Å²) in [4.78, 5) is 0.196. The third kappa shape index (κ3) is 3.41. The summed E-state index contributed by atoms with van der Waals surface area (Å²) >= 11 is 0. The van der Waals surface area contributed by atoms with Gasteiger partial charge in [-0.1, -0.05) is 24.3 Å². The zero-order valence-electron chi connectivity index (χ0n) is 14.9. The van der Waals surface area contributed by atoms with Crippen LogP contribution in [-0.2, 0) is 19.9 Å². The first kappa shape index (κ1) is 18.7. The fraction of sp³-hybridized carbons (Fsp3) is 0.263. The summed E-state index contributed by atoms with van der Waals surface area (Å²) in [6.07, 6.45) is 1.44. The number of nitrogens with zero attached hydrogens (tertiary/aromatic N) is 1. The monoisotopic (exact) mass is 391 g/mol. The van der Waals surface area contributed by atoms with Crippen molar-refractivity contribution in [2.24, 2.45) is 0 Å². The van der Waals surface area contributed by atoms with Crippen LogP contribution < -0.4 is 4.31 Å². The van der Waals surface area contributed by atoms with Crippen molar-refractivity contribution in [1.82, 2.24) is 0 Å². The number of hydrogen-bond acceptors (Lipinski definition) is 4. The molecule has 1 aliphatic rings. The Hall–Kier alpha value is -2.12. The van der Waals surface area contributed by atoms with E-state index in [9.17, 15) is 16.8 Å². The highest BCUT2D eigenvalue weighted by molar-refractivity contribution is 7.95. The summed E-state index contributed by atoms with van der Waals surface area (Å²) < 4.78 is 52.0. The largest absolute Gasteiger partial charge is 0.265 e. The van der Waals surface area contributed by atoms with Gasteiger partial charge in [0.25, 0.3) is 10.0 Å². The second-order valence-electron chi connectivity index (χ2n) is 6.56. The first-order chi connectivity index (χ1) is 12.1. The van der Waals surface area contributed by atoms with Crippen LogP contribution in [-0.4, -0.2) is 28.6 Å². The standard InChI is InChI=1S/C19H21NO4S2/c1-14-11-16(3)19(12-15(14)2)26(23,24)20(17-7-5-4-6-8-17)18-9-10-25(21,22)13-18/h4-12,18H,13H2,1-3H3/t18-/m0/s1. The molecule has 0 fully saturated rings. The number of benzene rings is 2. The zero-order valence-corrected chi connectivity index (χ0v) is 16.5. The highest BCUT2D eigenvalue weighted by Gasteiger charge is 2.36. The molecule has 0 N–H and O–H groups in total. The van der Waals surface area contributed by atoms with E-state index in [-0.39, 0.29) is 10.6 Å². The Morgan fingerprint density at radius 1 is 0.962 bits per heavy atom. The number of sulfonamides is 1. The molecular weight excluding hydrogens is 370 g/mol. The molecular formula is C19H21NO4S2. The lowest BCUT2D eigenvalue weighted by Gasteiger charge is -2.29. The van der Waals surface area contributed by atoms with E-state index < -0.39 is 25.9 Å². The van der Waals surface area contributed by atoms with Crippen molar-refractivity contribution in [2.45, 2.75) is 31.7 Å². The van der Waals surface area contributed by atoms with E-state index in [0.717, 1.165) is 16.5 Å². The Kier molecular flexibility index (Phi) is 4.71. The number of anilines is 1. The second-order valence-corrected chi connectivity index (χ2v) is 10.3. The average molecular weight is 392 g/mol. The molecule has 1 aliphatic heterocycles. The van der Waals surface area contributed by atoms with Crippen molar-refractivity contribution in [3.63, 3.8) is 0 Å². The fourth-order valence-corrected chi connectivity index (χ4v) is 6.37. The molecule has 2 aromatic rings. The first-order valence-corrected chi connectivity index (χ1v) is 11.4. The van der Waals surface area contributed by atoms with Crippen LogP contribution in [0.1, 0.15) is 16.7 Å². The van der Waals surface area contributed by atoms with Crippen LogP contribution in [0.15, 0.2) is 58.8 Å². The maximum atomic E-state index is 13.5. The van der Waals surface area contributed by atoms with Gasteiger partial charge < -0.3 is 0 Å². The summed E-state index contributed by atoms with van der Waals surface area (Å²) in [5.41, 5.74) is 2.96. The number of aryl methyl sites for hydroxylation is 3. The molecule has 1 atom stereocenters. The smallest absolute Gasteiger partial charge is 0.258 e. The van der Waals surface area contributed by atoms with Crippen LogP contribution in [0.2, 0.25) is 0 Å². The number of para-hydroxylation sites is 1. The minimum absolute atomic E-state index is 0.196. The number of rotatable bonds is 4. The highest BCUT2D eigenvalue weighted by atomic mass is 32.2. The average Bonchev–Trinajstić information content (AvgIpc) is 2.91. The van der Waals surface area contributed by atoms with E-state index in [1.165, 1.54) is 10.4 Å². The lowest BCUT2D eigenvalue weighted by atomic mass is 10.1. The Labute approximate surface area is 154 Å². The Bertz CT molecular complexity index is 1070. The van der Waals surface area contributed by atoms with E-state index in [0.29, 0.717) is 11.3 Å². The van der Waals surface area contributed by atoms with E-state index in [1.54, 1.807) is 43.3 Å². The minimum Gasteiger partial charge on any atom is -0.258 e. The Morgan fingerprint density at radius 3 is 2.15 bits per heavy atom. The van der Waals surface area contributed by atoms with E-state index in [2.05, 4.69) is 0 Å². The van der Waals surface area contributed by atoms with Crippen LogP contribution >= 0.6 is 0 Å². The molecule has 0 bridgehead atoms. The van der Waals surface area contributed by atoms with Crippen LogP contribution in [0.4, 0.5) is 5.69 Å². The van der Waals surface area contributed by atoms with Crippen molar-refractivity contribution in [2.75, 3.05) is 10.1 Å². The summed E-state index contributed by atoms with van der Waals surface area (Å²) in [6, 6.07) is 11.3. The van der Waals surface area contributed by atoms with Crippen LogP contribution in [0, 0.1) is 20.8 Å². The van der Waals surface area contributed by atoms with Gasteiger partial charge in [0.15, 0.2) is 9.84 Å². The summed E-state index contributed by atoms with van der Waals surface area (Å²) in [7, 11) is -7.34. The molecule has 138 valence electrons. The fourth-order valence-electron chi connectivity index (χ4n) is 3.11. The minimum atomic E-state index is -3.94. The molecule has 0 saturated carbocycles. The van der Waals surface area contributed by atoms with Crippen molar-refractivity contribution >= 4 is 25.5 Å². The van der Waals surface area contributed by atoms with Gasteiger partial charge >= 0.3 is 0 Å². The molecule has 0 unspecified atom stereocenters. The van der Waals surface area contributed by atoms with E-state index >= 15 is 0 Å². The predicted octanol–water partition coefficient (Wildman–Crippen LogP) is 3.12. The second kappa shape index (κ2) is 6.55. The maximum absolute atomic E-state index is 13.5. The van der Waals surface area contributed by atoms with E-state index in [1.807, 2.05) is 19.9 Å². The third-order valence-electron chi connectivity index (χ3n) is 4.55. The molecule has 0 amide bonds. The van der Waals surface area contributed by atoms with Gasteiger partial charge in [-0.15, -0.1) is 0 Å². The molecule has 7 heteroatoms. The maximum Gasteiger partial charge on any atom is 0.265 e. The number of sulfone groups is 1. The van der Waals surface area contributed by atoms with Gasteiger partial charge in [0.1, 0.15) is 0 Å². The molecule has 0 aliphatic carbocycles. The van der Waals surface area contributed by atoms with Gasteiger partial charge in [-0.2, -0.15) is 0 Å². The molecule has 0 saturated heterocycles. The summed E-state index contributed by atoms with van der Waals surface area (Å²) in [5, 5.41) is 1.09. The van der Waals surface area contributed by atoms with Gasteiger partial charge in [0.05, 0.1) is 22.4 Å². The van der Waals surface area contributed by atoms with Crippen LogP contribution in [0.5, 0.6) is 0 Å². The summed E-state index contributed by atoms with van der Waals surface area (Å²) in [5.74, 6) is -0.259. The molecule has 1 heterocycles. The number of hydrogen-bond donors (Lipinski definition) is 0. The predicted molar refractivity (Wildman–Crippen MR) is 103 cm³/mol. The van der Waals surface area contributed by atoms with Crippen molar-refractivity contribution in [3.05, 3.63) is 70.6 Å². The van der Waals surface area contributed by atoms with Crippen LogP contribution in [0.3, 0.4) is 0 Å². The Balaban J connectivity index is 2.19. The van der Waals surface area contributed by atoms with Crippen molar-refractivity contribution in [3.8, 4) is 0 Å². The van der Waals surface area contributed by atoms with Gasteiger partial charge in [-0.05, 0) is 61.7 Å². The van der Waals surface area contributed by atoms with E-state index in [4.69, 9.17) is 0 Å². The Morgan fingerprint density at radius 2 is 1.58 bits per heavy atom. The van der Waals surface area contributed by atoms with Gasteiger partial charge in [-0.3, -0.25) is 4.31 Å². The molecule has 5 nitrogen and oxygen atoms in total. The van der Waals surface area contributed by atoms with Crippen LogP contribution in [0.25, 0.3) is 0 Å². The normalized spacial score (nSPS) is 18.8. The van der Waals surface area contributed by atoms with Crippen molar-refractivity contribution < 1.29 is 16.8 Å². The van der Waals surface area contributed by atoms with Gasteiger partial charge in [0, 0.05) is 5.41 Å². The van der Waals surface area contributed by atoms with Gasteiger partial charge in [-0.25, -0.2) is 16.8 Å². The summed E-state index contributed by atoms with van der Waals surface area (Å²) in [6.45, 7) is 5.55. The SMILES string of the molecule is Cc1cc(C)c(S(=O)(=O)N(c2ccccc2)[C@H]2C=CS(=O)(=O)C2)cc1C. The van der Waals surface area contributed by atoms with Crippen molar-refractivity contribution in [1.29, 1.82) is 0 Å². The highest BCUT2D eigenvalue weighted by Crippen LogP contribution is 2.31. The lowest BCUT2D eigenvalue weighted by Crippen LogP contribution is -2.41. The zero-order chi connectivity index (χ0) is 19.1. The molecule has 3 rings (SSSR count). The van der Waals surface area contributed by atoms with Gasteiger partial charge in [0.2, 0.25) is 0 Å². The molecule has 26 heavy (non-hydrogen) atoms. The molecule has 2 aromatic carbocycles. The molecule has 0 radical (unpaired) electrons.